The predicted molar refractivity (Wildman–Crippen MR) is 107 cm³/mol. The van der Waals surface area contributed by atoms with Crippen LogP contribution in [0.2, 0.25) is 0 Å². The number of hydrogen-bond acceptors (Lipinski definition) is 3. The highest BCUT2D eigenvalue weighted by atomic mass is 16.5. The topological polar surface area (TPSA) is 50.4 Å². The first kappa shape index (κ1) is 20.0. The zero-order valence-electron chi connectivity index (χ0n) is 16.0. The van der Waals surface area contributed by atoms with Gasteiger partial charge in [0.05, 0.1) is 0 Å². The van der Waals surface area contributed by atoms with Crippen LogP contribution in [0, 0.1) is 0 Å². The molecule has 2 aromatic rings. The van der Waals surface area contributed by atoms with Crippen LogP contribution in [-0.2, 0) is 11.2 Å². The molecule has 0 aliphatic heterocycles. The third-order valence-corrected chi connectivity index (χ3v) is 3.90. The number of benzene rings is 2. The lowest BCUT2D eigenvalue weighted by Gasteiger charge is -2.20. The molecule has 4 heteroatoms. The first-order valence-electron chi connectivity index (χ1n) is 9.20. The molecule has 0 spiro atoms. The van der Waals surface area contributed by atoms with Crippen LogP contribution in [0.15, 0.2) is 54.6 Å². The minimum atomic E-state index is -0.0877. The van der Waals surface area contributed by atoms with Crippen LogP contribution in [0.5, 0.6) is 5.75 Å². The standard InChI is InChI=1S/C22H30N2O2/c1-22(2,3)24-15-9-14-23-21(25)17-26-20-13-8-7-12-19(20)16-18-10-5-4-6-11-18/h4-8,10-13,24H,9,14-17H2,1-3H3,(H,23,25). The van der Waals surface area contributed by atoms with Crippen LogP contribution in [-0.4, -0.2) is 31.1 Å². The van der Waals surface area contributed by atoms with Crippen molar-refractivity contribution in [2.75, 3.05) is 19.7 Å². The van der Waals surface area contributed by atoms with Crippen molar-refractivity contribution in [2.24, 2.45) is 0 Å². The Labute approximate surface area is 157 Å². The summed E-state index contributed by atoms with van der Waals surface area (Å²) in [4.78, 5) is 12.0. The van der Waals surface area contributed by atoms with E-state index in [1.165, 1.54) is 5.56 Å². The fraction of sp³-hybridized carbons (Fsp3) is 0.409. The summed E-state index contributed by atoms with van der Waals surface area (Å²) in [6.07, 6.45) is 1.69. The number of para-hydroxylation sites is 1. The first-order valence-corrected chi connectivity index (χ1v) is 9.20. The summed E-state index contributed by atoms with van der Waals surface area (Å²) in [7, 11) is 0. The van der Waals surface area contributed by atoms with E-state index in [9.17, 15) is 4.79 Å². The molecule has 0 radical (unpaired) electrons. The average Bonchev–Trinajstić information content (AvgIpc) is 2.60. The van der Waals surface area contributed by atoms with Crippen molar-refractivity contribution in [3.05, 3.63) is 65.7 Å². The average molecular weight is 354 g/mol. The maximum absolute atomic E-state index is 12.0. The minimum absolute atomic E-state index is 0.0402. The summed E-state index contributed by atoms with van der Waals surface area (Å²) in [5.41, 5.74) is 2.41. The van der Waals surface area contributed by atoms with Gasteiger partial charge in [0.15, 0.2) is 6.61 Å². The summed E-state index contributed by atoms with van der Waals surface area (Å²) >= 11 is 0. The molecule has 1 amide bonds. The molecule has 26 heavy (non-hydrogen) atoms. The smallest absolute Gasteiger partial charge is 0.257 e. The molecule has 0 aromatic heterocycles. The summed E-state index contributed by atoms with van der Waals surface area (Å²) in [5.74, 6) is 0.677. The molecule has 0 fully saturated rings. The lowest BCUT2D eigenvalue weighted by molar-refractivity contribution is -0.123. The molecule has 2 N–H and O–H groups in total. The van der Waals surface area contributed by atoms with Crippen molar-refractivity contribution in [1.29, 1.82) is 0 Å². The zero-order chi connectivity index (χ0) is 18.8. The zero-order valence-corrected chi connectivity index (χ0v) is 16.0. The largest absolute Gasteiger partial charge is 0.483 e. The van der Waals surface area contributed by atoms with E-state index < -0.39 is 0 Å². The molecular formula is C22H30N2O2. The van der Waals surface area contributed by atoms with Crippen LogP contribution in [0.1, 0.15) is 38.3 Å². The highest BCUT2D eigenvalue weighted by Crippen LogP contribution is 2.21. The maximum atomic E-state index is 12.0. The Balaban J connectivity index is 1.76. The number of carbonyl (C=O) groups is 1. The minimum Gasteiger partial charge on any atom is -0.483 e. The number of rotatable bonds is 9. The fourth-order valence-corrected chi connectivity index (χ4v) is 2.58. The third-order valence-electron chi connectivity index (χ3n) is 3.90. The maximum Gasteiger partial charge on any atom is 0.257 e. The van der Waals surface area contributed by atoms with Crippen LogP contribution < -0.4 is 15.4 Å². The van der Waals surface area contributed by atoms with E-state index in [2.05, 4.69) is 43.5 Å². The second-order valence-electron chi connectivity index (χ2n) is 7.44. The van der Waals surface area contributed by atoms with Crippen LogP contribution in [0.25, 0.3) is 0 Å². The van der Waals surface area contributed by atoms with E-state index in [4.69, 9.17) is 4.74 Å². The highest BCUT2D eigenvalue weighted by molar-refractivity contribution is 5.77. The Morgan fingerprint density at radius 1 is 0.962 bits per heavy atom. The van der Waals surface area contributed by atoms with Crippen molar-refractivity contribution in [2.45, 2.75) is 39.2 Å². The Morgan fingerprint density at radius 2 is 1.65 bits per heavy atom. The first-order chi connectivity index (χ1) is 12.4. The number of hydrogen-bond donors (Lipinski definition) is 2. The van der Waals surface area contributed by atoms with E-state index in [0.29, 0.717) is 6.54 Å². The number of ether oxygens (including phenoxy) is 1. The van der Waals surface area contributed by atoms with Crippen molar-refractivity contribution in [3.63, 3.8) is 0 Å². The van der Waals surface area contributed by atoms with Crippen LogP contribution in [0.4, 0.5) is 0 Å². The van der Waals surface area contributed by atoms with E-state index >= 15 is 0 Å². The molecule has 0 atom stereocenters. The molecule has 0 unspecified atom stereocenters. The molecule has 0 aliphatic carbocycles. The highest BCUT2D eigenvalue weighted by Gasteiger charge is 2.09. The van der Waals surface area contributed by atoms with E-state index in [0.717, 1.165) is 30.7 Å². The molecule has 0 bridgehead atoms. The van der Waals surface area contributed by atoms with Gasteiger partial charge < -0.3 is 15.4 Å². The van der Waals surface area contributed by atoms with Gasteiger partial charge in [0.25, 0.3) is 5.91 Å². The number of carbonyl (C=O) groups excluding carboxylic acids is 1. The van der Waals surface area contributed by atoms with Crippen molar-refractivity contribution < 1.29 is 9.53 Å². The Hall–Kier alpha value is -2.33. The van der Waals surface area contributed by atoms with Crippen molar-refractivity contribution >= 4 is 5.91 Å². The SMILES string of the molecule is CC(C)(C)NCCCNC(=O)COc1ccccc1Cc1ccccc1. The molecule has 0 saturated carbocycles. The molecule has 2 aromatic carbocycles. The lowest BCUT2D eigenvalue weighted by Crippen LogP contribution is -2.38. The summed E-state index contributed by atoms with van der Waals surface area (Å²) in [5, 5.41) is 6.31. The van der Waals surface area contributed by atoms with Crippen LogP contribution in [0.3, 0.4) is 0 Å². The molecule has 0 heterocycles. The second kappa shape index (κ2) is 9.97. The van der Waals surface area contributed by atoms with Gasteiger partial charge in [0.1, 0.15) is 5.75 Å². The van der Waals surface area contributed by atoms with Gasteiger partial charge in [-0.3, -0.25) is 4.79 Å². The van der Waals surface area contributed by atoms with Gasteiger partial charge in [-0.2, -0.15) is 0 Å². The summed E-state index contributed by atoms with van der Waals surface area (Å²) in [6, 6.07) is 18.1. The van der Waals surface area contributed by atoms with Gasteiger partial charge in [0.2, 0.25) is 0 Å². The quantitative estimate of drug-likeness (QED) is 0.677. The van der Waals surface area contributed by atoms with Gasteiger partial charge in [-0.25, -0.2) is 0 Å². The number of amides is 1. The molecule has 2 rings (SSSR count). The van der Waals surface area contributed by atoms with E-state index in [1.807, 2.05) is 42.5 Å². The lowest BCUT2D eigenvalue weighted by atomic mass is 10.0. The fourth-order valence-electron chi connectivity index (χ4n) is 2.58. The molecule has 4 nitrogen and oxygen atoms in total. The van der Waals surface area contributed by atoms with E-state index in [-0.39, 0.29) is 18.1 Å². The molecule has 140 valence electrons. The van der Waals surface area contributed by atoms with Crippen molar-refractivity contribution in [1.82, 2.24) is 10.6 Å². The van der Waals surface area contributed by atoms with Gasteiger partial charge >= 0.3 is 0 Å². The summed E-state index contributed by atoms with van der Waals surface area (Å²) < 4.78 is 5.75. The van der Waals surface area contributed by atoms with Gasteiger partial charge in [0, 0.05) is 18.5 Å². The van der Waals surface area contributed by atoms with E-state index in [1.54, 1.807) is 0 Å². The molecule has 0 aliphatic rings. The second-order valence-corrected chi connectivity index (χ2v) is 7.44. The Kier molecular flexibility index (Phi) is 7.67. The number of nitrogens with one attached hydrogen (secondary N) is 2. The van der Waals surface area contributed by atoms with Crippen LogP contribution >= 0.6 is 0 Å². The van der Waals surface area contributed by atoms with Gasteiger partial charge in [-0.15, -0.1) is 0 Å². The monoisotopic (exact) mass is 354 g/mol. The Morgan fingerprint density at radius 3 is 2.38 bits per heavy atom. The third kappa shape index (κ3) is 7.70. The normalized spacial score (nSPS) is 11.2. The molecule has 0 saturated heterocycles. The Bertz CT molecular complexity index is 678. The molecular weight excluding hydrogens is 324 g/mol. The summed E-state index contributed by atoms with van der Waals surface area (Å²) in [6.45, 7) is 7.96. The van der Waals surface area contributed by atoms with Gasteiger partial charge in [-0.05, 0) is 50.9 Å². The van der Waals surface area contributed by atoms with Gasteiger partial charge in [-0.1, -0.05) is 48.5 Å². The predicted octanol–water partition coefficient (Wildman–Crippen LogP) is 3.55. The van der Waals surface area contributed by atoms with Crippen molar-refractivity contribution in [3.8, 4) is 5.75 Å².